The van der Waals surface area contributed by atoms with E-state index in [-0.39, 0.29) is 30.6 Å². The maximum Gasteiger partial charge on any atom is 0.247 e. The molecule has 0 aliphatic rings. The summed E-state index contributed by atoms with van der Waals surface area (Å²) in [5, 5.41) is 12.1. The summed E-state index contributed by atoms with van der Waals surface area (Å²) in [5.41, 5.74) is 7.98. The summed E-state index contributed by atoms with van der Waals surface area (Å²) in [6, 6.07) is 14.6. The van der Waals surface area contributed by atoms with E-state index in [0.29, 0.717) is 44.7 Å². The van der Waals surface area contributed by atoms with Crippen molar-refractivity contribution < 1.29 is 19.4 Å². The number of hydrogen-bond donors (Lipinski definition) is 3. The lowest BCUT2D eigenvalue weighted by molar-refractivity contribution is -0.117. The number of benzene rings is 2. The lowest BCUT2D eigenvalue weighted by Gasteiger charge is -2.15. The van der Waals surface area contributed by atoms with Crippen molar-refractivity contribution in [3.8, 4) is 11.5 Å². The third-order valence-electron chi connectivity index (χ3n) is 5.18. The van der Waals surface area contributed by atoms with Crippen molar-refractivity contribution in [3.05, 3.63) is 87.7 Å². The normalized spacial score (nSPS) is 11.5. The Balaban J connectivity index is 1.80. The minimum atomic E-state index is -0.376. The van der Waals surface area contributed by atoms with Gasteiger partial charge in [0.2, 0.25) is 11.0 Å². The number of nitrogen functional groups attached to an aromatic ring is 1. The summed E-state index contributed by atoms with van der Waals surface area (Å²) in [5.74, 6) is 1.50. The summed E-state index contributed by atoms with van der Waals surface area (Å²) in [6.07, 6.45) is 1.72. The van der Waals surface area contributed by atoms with E-state index in [4.69, 9.17) is 10.5 Å². The van der Waals surface area contributed by atoms with Gasteiger partial charge in [-0.25, -0.2) is 9.97 Å². The van der Waals surface area contributed by atoms with Crippen LogP contribution in [-0.2, 0) is 11.3 Å². The number of aryl methyl sites for hydroxylation is 2. The lowest BCUT2D eigenvalue weighted by atomic mass is 10.1. The molecule has 1 amide bonds. The highest BCUT2D eigenvalue weighted by Gasteiger charge is 2.21. The second-order valence-electron chi connectivity index (χ2n) is 7.78. The van der Waals surface area contributed by atoms with Crippen LogP contribution < -0.4 is 15.8 Å². The maximum atomic E-state index is 13.3. The number of amides is 1. The Bertz CT molecular complexity index is 1250. The molecule has 0 atom stereocenters. The molecule has 0 saturated carbocycles. The Labute approximate surface area is 208 Å². The van der Waals surface area contributed by atoms with Gasteiger partial charge < -0.3 is 20.9 Å². The number of carbonyl (C=O) groups is 2. The van der Waals surface area contributed by atoms with Crippen molar-refractivity contribution in [2.45, 2.75) is 33.7 Å². The fourth-order valence-corrected chi connectivity index (χ4v) is 4.29. The van der Waals surface area contributed by atoms with Gasteiger partial charge in [-0.05, 0) is 44.5 Å². The first-order chi connectivity index (χ1) is 16.8. The van der Waals surface area contributed by atoms with Crippen LogP contribution in [-0.4, -0.2) is 32.7 Å². The number of nitrogens with zero attached hydrogens (tertiary/aromatic N) is 2. The molecule has 0 bridgehead atoms. The molecule has 2 aromatic carbocycles. The lowest BCUT2D eigenvalue weighted by Crippen LogP contribution is -2.25. The third kappa shape index (κ3) is 6.91. The molecule has 4 N–H and O–H groups in total. The van der Waals surface area contributed by atoms with Crippen molar-refractivity contribution in [1.29, 1.82) is 0 Å². The Hall–Kier alpha value is -3.69. The zero-order valence-electron chi connectivity index (χ0n) is 19.9. The second kappa shape index (κ2) is 12.1. The van der Waals surface area contributed by atoms with Gasteiger partial charge in [-0.1, -0.05) is 42.1 Å². The van der Waals surface area contributed by atoms with Gasteiger partial charge >= 0.3 is 0 Å². The molecule has 1 aromatic heterocycles. The highest BCUT2D eigenvalue weighted by atomic mass is 32.2. The highest BCUT2D eigenvalue weighted by Crippen LogP contribution is 2.34. The standard InChI is InChI=1S/C26H28N4O4S/c1-16-8-7-11-21(34-20-9-5-4-6-10-20)23(16)26(33)35-22(12-13-31)17(2)25(32)29-15-19-14-28-18(3)30-24(19)27/h4-11,14,31H,12-13,15H2,1-3H3,(H,29,32)(H2,27,28,30)/b22-17-. The monoisotopic (exact) mass is 492 g/mol. The number of nitrogens with one attached hydrogen (secondary N) is 1. The number of ether oxygens (including phenoxy) is 1. The molecule has 35 heavy (non-hydrogen) atoms. The van der Waals surface area contributed by atoms with Crippen LogP contribution >= 0.6 is 11.8 Å². The molecular weight excluding hydrogens is 464 g/mol. The van der Waals surface area contributed by atoms with Crippen molar-refractivity contribution in [2.75, 3.05) is 12.3 Å². The van der Waals surface area contributed by atoms with Crippen LogP contribution in [0.2, 0.25) is 0 Å². The fourth-order valence-electron chi connectivity index (χ4n) is 3.27. The van der Waals surface area contributed by atoms with Crippen molar-refractivity contribution >= 4 is 28.6 Å². The molecule has 0 aliphatic heterocycles. The second-order valence-corrected chi connectivity index (χ2v) is 8.85. The van der Waals surface area contributed by atoms with Crippen LogP contribution in [0.15, 0.2) is 65.2 Å². The largest absolute Gasteiger partial charge is 0.457 e. The van der Waals surface area contributed by atoms with Gasteiger partial charge in [-0.2, -0.15) is 0 Å². The Morgan fingerprint density at radius 1 is 1.11 bits per heavy atom. The van der Waals surface area contributed by atoms with E-state index in [1.165, 1.54) is 0 Å². The summed E-state index contributed by atoms with van der Waals surface area (Å²) in [6.45, 7) is 5.11. The van der Waals surface area contributed by atoms with Crippen molar-refractivity contribution in [1.82, 2.24) is 15.3 Å². The van der Waals surface area contributed by atoms with E-state index in [9.17, 15) is 14.7 Å². The van der Waals surface area contributed by atoms with E-state index in [2.05, 4.69) is 15.3 Å². The van der Waals surface area contributed by atoms with E-state index in [1.54, 1.807) is 38.2 Å². The summed E-state index contributed by atoms with van der Waals surface area (Å²) < 4.78 is 5.97. The number of carbonyl (C=O) groups excluding carboxylic acids is 2. The number of aliphatic hydroxyl groups excluding tert-OH is 1. The molecule has 3 rings (SSSR count). The molecule has 0 saturated heterocycles. The SMILES string of the molecule is C/C(C(=O)NCc1cnc(C)nc1N)=C(\CCO)SC(=O)c1c(C)cccc1Oc1ccccc1. The zero-order chi connectivity index (χ0) is 25.4. The molecule has 1 heterocycles. The fraction of sp³-hybridized carbons (Fsp3) is 0.231. The van der Waals surface area contributed by atoms with Crippen LogP contribution in [0.3, 0.4) is 0 Å². The number of hydrogen-bond acceptors (Lipinski definition) is 8. The predicted octanol–water partition coefficient (Wildman–Crippen LogP) is 4.31. The first-order valence-corrected chi connectivity index (χ1v) is 11.8. The first-order valence-electron chi connectivity index (χ1n) is 11.0. The number of anilines is 1. The Kier molecular flexibility index (Phi) is 8.99. The molecule has 182 valence electrons. The topological polar surface area (TPSA) is 127 Å². The Morgan fingerprint density at radius 3 is 2.54 bits per heavy atom. The summed E-state index contributed by atoms with van der Waals surface area (Å²) in [4.78, 5) is 34.8. The van der Waals surface area contributed by atoms with Crippen LogP contribution in [0.1, 0.15) is 40.7 Å². The molecule has 0 aliphatic carbocycles. The number of aliphatic hydroxyl groups is 1. The number of thioether (sulfide) groups is 1. The molecule has 0 fully saturated rings. The molecule has 0 spiro atoms. The van der Waals surface area contributed by atoms with Crippen LogP contribution in [0, 0.1) is 13.8 Å². The molecule has 9 heteroatoms. The van der Waals surface area contributed by atoms with E-state index in [0.717, 1.165) is 17.3 Å². The molecule has 3 aromatic rings. The minimum absolute atomic E-state index is 0.139. The first kappa shape index (κ1) is 25.9. The minimum Gasteiger partial charge on any atom is -0.457 e. The van der Waals surface area contributed by atoms with Crippen LogP contribution in [0.5, 0.6) is 11.5 Å². The average molecular weight is 493 g/mol. The maximum absolute atomic E-state index is 13.3. The quantitative estimate of drug-likeness (QED) is 0.377. The third-order valence-corrected chi connectivity index (χ3v) is 6.33. The van der Waals surface area contributed by atoms with E-state index < -0.39 is 0 Å². The molecule has 0 radical (unpaired) electrons. The van der Waals surface area contributed by atoms with Gasteiger partial charge in [-0.3, -0.25) is 9.59 Å². The van der Waals surface area contributed by atoms with Gasteiger partial charge in [0.1, 0.15) is 23.1 Å². The zero-order valence-corrected chi connectivity index (χ0v) is 20.7. The van der Waals surface area contributed by atoms with Crippen LogP contribution in [0.25, 0.3) is 0 Å². The van der Waals surface area contributed by atoms with E-state index in [1.807, 2.05) is 37.3 Å². The smallest absolute Gasteiger partial charge is 0.247 e. The highest BCUT2D eigenvalue weighted by molar-refractivity contribution is 8.17. The predicted molar refractivity (Wildman–Crippen MR) is 137 cm³/mol. The molecular formula is C26H28N4O4S. The van der Waals surface area contributed by atoms with Crippen molar-refractivity contribution in [2.24, 2.45) is 0 Å². The van der Waals surface area contributed by atoms with Crippen LogP contribution in [0.4, 0.5) is 5.82 Å². The van der Waals surface area contributed by atoms with Gasteiger partial charge in [0.25, 0.3) is 0 Å². The average Bonchev–Trinajstić information content (AvgIpc) is 2.83. The molecule has 0 unspecified atom stereocenters. The summed E-state index contributed by atoms with van der Waals surface area (Å²) >= 11 is 0.915. The van der Waals surface area contributed by atoms with Crippen molar-refractivity contribution in [3.63, 3.8) is 0 Å². The van der Waals surface area contributed by atoms with E-state index >= 15 is 0 Å². The van der Waals surface area contributed by atoms with Gasteiger partial charge in [0.05, 0.1) is 5.56 Å². The summed E-state index contributed by atoms with van der Waals surface area (Å²) in [7, 11) is 0. The number of rotatable bonds is 9. The van der Waals surface area contributed by atoms with Gasteiger partial charge in [0, 0.05) is 41.8 Å². The molecule has 8 nitrogen and oxygen atoms in total. The van der Waals surface area contributed by atoms with Gasteiger partial charge in [0.15, 0.2) is 0 Å². The van der Waals surface area contributed by atoms with Gasteiger partial charge in [-0.15, -0.1) is 0 Å². The number of aromatic nitrogens is 2. The number of para-hydroxylation sites is 1. The number of nitrogens with two attached hydrogens (primary N) is 1. The Morgan fingerprint density at radius 2 is 1.86 bits per heavy atom.